The van der Waals surface area contributed by atoms with E-state index in [-0.39, 0.29) is 0 Å². The summed E-state index contributed by atoms with van der Waals surface area (Å²) in [6, 6.07) is 0.502. The standard InChI is InChI=1S/C23H42N2/c1-4-5-6-7-8-9-10-11-12-13-14-15-16-17-18-19-23-24-20-21-25(23)22(2)3/h17-18,20-22H,4-16,19H2,1-3H3. The normalized spacial score (nSPS) is 11.8. The van der Waals surface area contributed by atoms with Crippen LogP contribution in [0.2, 0.25) is 0 Å². The van der Waals surface area contributed by atoms with Gasteiger partial charge < -0.3 is 4.57 Å². The van der Waals surface area contributed by atoms with E-state index in [2.05, 4.69) is 48.7 Å². The molecular weight excluding hydrogens is 304 g/mol. The van der Waals surface area contributed by atoms with Crippen LogP contribution in [0.25, 0.3) is 0 Å². The number of aromatic nitrogens is 2. The van der Waals surface area contributed by atoms with Crippen molar-refractivity contribution >= 4 is 0 Å². The van der Waals surface area contributed by atoms with E-state index in [9.17, 15) is 0 Å². The van der Waals surface area contributed by atoms with Gasteiger partial charge in [0.1, 0.15) is 5.82 Å². The summed E-state index contributed by atoms with van der Waals surface area (Å²) in [7, 11) is 0. The zero-order valence-electron chi connectivity index (χ0n) is 17.2. The number of imidazole rings is 1. The van der Waals surface area contributed by atoms with Gasteiger partial charge in [-0.25, -0.2) is 4.98 Å². The zero-order valence-corrected chi connectivity index (χ0v) is 17.2. The molecule has 0 atom stereocenters. The first-order valence-electron chi connectivity index (χ1n) is 10.9. The van der Waals surface area contributed by atoms with Crippen LogP contribution in [0, 0.1) is 0 Å². The van der Waals surface area contributed by atoms with Gasteiger partial charge in [-0.1, -0.05) is 89.7 Å². The quantitative estimate of drug-likeness (QED) is 0.222. The maximum absolute atomic E-state index is 4.45. The van der Waals surface area contributed by atoms with Gasteiger partial charge in [-0.2, -0.15) is 0 Å². The van der Waals surface area contributed by atoms with Crippen molar-refractivity contribution in [1.29, 1.82) is 0 Å². The van der Waals surface area contributed by atoms with Crippen molar-refractivity contribution in [2.75, 3.05) is 0 Å². The zero-order chi connectivity index (χ0) is 18.2. The molecule has 1 rings (SSSR count). The molecule has 144 valence electrons. The van der Waals surface area contributed by atoms with E-state index in [0.29, 0.717) is 6.04 Å². The second-order valence-electron chi connectivity index (χ2n) is 7.70. The third kappa shape index (κ3) is 11.2. The van der Waals surface area contributed by atoms with Crippen molar-refractivity contribution in [3.05, 3.63) is 30.4 Å². The highest BCUT2D eigenvalue weighted by Crippen LogP contribution is 2.13. The van der Waals surface area contributed by atoms with E-state index in [1.807, 2.05) is 6.20 Å². The number of rotatable bonds is 16. The topological polar surface area (TPSA) is 17.8 Å². The lowest BCUT2D eigenvalue weighted by Crippen LogP contribution is -2.04. The molecule has 1 heterocycles. The Bertz CT molecular complexity index is 431. The van der Waals surface area contributed by atoms with Gasteiger partial charge in [0.05, 0.1) is 0 Å². The van der Waals surface area contributed by atoms with Crippen molar-refractivity contribution in [3.8, 4) is 0 Å². The minimum Gasteiger partial charge on any atom is -0.332 e. The predicted octanol–water partition coefficient (Wildman–Crippen LogP) is 7.65. The van der Waals surface area contributed by atoms with Gasteiger partial charge in [-0.15, -0.1) is 0 Å². The molecule has 0 unspecified atom stereocenters. The summed E-state index contributed by atoms with van der Waals surface area (Å²) in [6.45, 7) is 6.71. The molecule has 0 aliphatic heterocycles. The Labute approximate surface area is 157 Å². The van der Waals surface area contributed by atoms with Crippen molar-refractivity contribution in [2.24, 2.45) is 0 Å². The van der Waals surface area contributed by atoms with Crippen molar-refractivity contribution in [2.45, 2.75) is 117 Å². The number of allylic oxidation sites excluding steroid dienone is 2. The number of nitrogens with zero attached hydrogens (tertiary/aromatic N) is 2. The Balaban J connectivity index is 1.88. The Kier molecular flexibility index (Phi) is 13.4. The molecule has 1 aromatic heterocycles. The molecule has 2 nitrogen and oxygen atoms in total. The van der Waals surface area contributed by atoms with Crippen LogP contribution >= 0.6 is 0 Å². The third-order valence-electron chi connectivity index (χ3n) is 5.00. The van der Waals surface area contributed by atoms with Crippen molar-refractivity contribution in [1.82, 2.24) is 9.55 Å². The molecule has 0 spiro atoms. The van der Waals surface area contributed by atoms with Crippen molar-refractivity contribution < 1.29 is 0 Å². The number of hydrogen-bond donors (Lipinski definition) is 0. The summed E-state index contributed by atoms with van der Waals surface area (Å²) < 4.78 is 2.26. The first-order chi connectivity index (χ1) is 12.3. The summed E-state index contributed by atoms with van der Waals surface area (Å²) in [5.41, 5.74) is 0. The van der Waals surface area contributed by atoms with Crippen LogP contribution in [0.5, 0.6) is 0 Å². The molecule has 0 amide bonds. The molecular formula is C23H42N2. The largest absolute Gasteiger partial charge is 0.332 e. The molecule has 0 aliphatic carbocycles. The number of hydrogen-bond acceptors (Lipinski definition) is 1. The maximum Gasteiger partial charge on any atom is 0.112 e. The summed E-state index contributed by atoms with van der Waals surface area (Å²) in [4.78, 5) is 4.45. The van der Waals surface area contributed by atoms with Crippen LogP contribution in [-0.2, 0) is 6.42 Å². The van der Waals surface area contributed by atoms with E-state index in [1.54, 1.807) is 0 Å². The molecule has 0 fully saturated rings. The molecule has 0 saturated carbocycles. The monoisotopic (exact) mass is 346 g/mol. The number of unbranched alkanes of at least 4 members (excludes halogenated alkanes) is 12. The molecule has 0 aliphatic rings. The Morgan fingerprint density at radius 1 is 0.840 bits per heavy atom. The van der Waals surface area contributed by atoms with Gasteiger partial charge >= 0.3 is 0 Å². The van der Waals surface area contributed by atoms with Crippen LogP contribution in [-0.4, -0.2) is 9.55 Å². The van der Waals surface area contributed by atoms with Gasteiger partial charge in [-0.3, -0.25) is 0 Å². The average Bonchev–Trinajstić information content (AvgIpc) is 3.07. The molecule has 1 aromatic rings. The SMILES string of the molecule is CCCCCCCCCCCCCCC=CCc1nccn1C(C)C. The van der Waals surface area contributed by atoms with E-state index < -0.39 is 0 Å². The van der Waals surface area contributed by atoms with E-state index in [0.717, 1.165) is 6.42 Å². The fourth-order valence-electron chi connectivity index (χ4n) is 3.38. The molecule has 25 heavy (non-hydrogen) atoms. The van der Waals surface area contributed by atoms with Crippen LogP contribution in [0.15, 0.2) is 24.5 Å². The second kappa shape index (κ2) is 15.2. The molecule has 0 saturated heterocycles. The minimum atomic E-state index is 0.502. The van der Waals surface area contributed by atoms with Crippen LogP contribution in [0.1, 0.15) is 116 Å². The Morgan fingerprint density at radius 2 is 1.40 bits per heavy atom. The van der Waals surface area contributed by atoms with Crippen molar-refractivity contribution in [3.63, 3.8) is 0 Å². The van der Waals surface area contributed by atoms with Crippen LogP contribution in [0.4, 0.5) is 0 Å². The van der Waals surface area contributed by atoms with Gasteiger partial charge in [0.15, 0.2) is 0 Å². The summed E-state index contributed by atoms with van der Waals surface area (Å²) in [5.74, 6) is 1.18. The van der Waals surface area contributed by atoms with E-state index in [1.165, 1.54) is 89.3 Å². The molecule has 0 aromatic carbocycles. The fourth-order valence-corrected chi connectivity index (χ4v) is 3.38. The highest BCUT2D eigenvalue weighted by Gasteiger charge is 2.03. The smallest absolute Gasteiger partial charge is 0.112 e. The summed E-state index contributed by atoms with van der Waals surface area (Å²) >= 11 is 0. The molecule has 0 radical (unpaired) electrons. The molecule has 0 N–H and O–H groups in total. The lowest BCUT2D eigenvalue weighted by molar-refractivity contribution is 0.545. The lowest BCUT2D eigenvalue weighted by atomic mass is 10.0. The average molecular weight is 347 g/mol. The Morgan fingerprint density at radius 3 is 1.96 bits per heavy atom. The van der Waals surface area contributed by atoms with Gasteiger partial charge in [0.25, 0.3) is 0 Å². The highest BCUT2D eigenvalue weighted by molar-refractivity contribution is 5.00. The summed E-state index contributed by atoms with van der Waals surface area (Å²) in [6.07, 6.45) is 27.9. The first kappa shape index (κ1) is 22.0. The van der Waals surface area contributed by atoms with Crippen LogP contribution in [0.3, 0.4) is 0 Å². The lowest BCUT2D eigenvalue weighted by Gasteiger charge is -2.09. The maximum atomic E-state index is 4.45. The Hall–Kier alpha value is -1.05. The highest BCUT2D eigenvalue weighted by atomic mass is 15.1. The fraction of sp³-hybridized carbons (Fsp3) is 0.783. The van der Waals surface area contributed by atoms with Gasteiger partial charge in [-0.05, 0) is 26.7 Å². The molecule has 2 heteroatoms. The van der Waals surface area contributed by atoms with E-state index in [4.69, 9.17) is 0 Å². The summed E-state index contributed by atoms with van der Waals surface area (Å²) in [5, 5.41) is 0. The third-order valence-corrected chi connectivity index (χ3v) is 5.00. The first-order valence-corrected chi connectivity index (χ1v) is 10.9. The molecule has 0 bridgehead atoms. The van der Waals surface area contributed by atoms with E-state index >= 15 is 0 Å². The second-order valence-corrected chi connectivity index (χ2v) is 7.70. The predicted molar refractivity (Wildman–Crippen MR) is 111 cm³/mol. The minimum absolute atomic E-state index is 0.502. The van der Waals surface area contributed by atoms with Gasteiger partial charge in [0.2, 0.25) is 0 Å². The van der Waals surface area contributed by atoms with Gasteiger partial charge in [0, 0.05) is 24.9 Å². The van der Waals surface area contributed by atoms with Crippen LogP contribution < -0.4 is 0 Å².